The van der Waals surface area contributed by atoms with Gasteiger partial charge in [-0.05, 0) is 7.05 Å². The summed E-state index contributed by atoms with van der Waals surface area (Å²) in [5.41, 5.74) is 0. The fourth-order valence-electron chi connectivity index (χ4n) is 0.939. The molecular formula is C6H12N2O2. The van der Waals surface area contributed by atoms with Crippen molar-refractivity contribution in [1.29, 1.82) is 0 Å². The maximum Gasteiger partial charge on any atom is 0.409 e. The summed E-state index contributed by atoms with van der Waals surface area (Å²) in [6.07, 6.45) is -0.230. The Kier molecular flexibility index (Phi) is 2.11. The van der Waals surface area contributed by atoms with E-state index in [1.165, 1.54) is 7.11 Å². The number of nitrogens with zero attached hydrogens (tertiary/aromatic N) is 1. The molecule has 0 spiro atoms. The summed E-state index contributed by atoms with van der Waals surface area (Å²) in [5.74, 6) is 0. The van der Waals surface area contributed by atoms with Crippen molar-refractivity contribution in [3.63, 3.8) is 0 Å². The lowest BCUT2D eigenvalue weighted by Crippen LogP contribution is -2.58. The second-order valence-electron chi connectivity index (χ2n) is 2.36. The first-order valence-corrected chi connectivity index (χ1v) is 3.28. The summed E-state index contributed by atoms with van der Waals surface area (Å²) >= 11 is 0. The number of amides is 1. The zero-order chi connectivity index (χ0) is 7.56. The van der Waals surface area contributed by atoms with Crippen LogP contribution in [0.25, 0.3) is 0 Å². The van der Waals surface area contributed by atoms with Crippen LogP contribution >= 0.6 is 0 Å². The maximum absolute atomic E-state index is 10.7. The van der Waals surface area contributed by atoms with Gasteiger partial charge in [0.15, 0.2) is 0 Å². The van der Waals surface area contributed by atoms with E-state index < -0.39 is 0 Å². The predicted molar refractivity (Wildman–Crippen MR) is 36.8 cm³/mol. The number of methoxy groups -OCH3 is 1. The van der Waals surface area contributed by atoms with E-state index in [1.54, 1.807) is 4.90 Å². The molecule has 0 saturated carbocycles. The SMILES string of the molecule is CNC1CN(C(=O)OC)C1. The normalized spacial score (nSPS) is 18.4. The predicted octanol–water partition coefficient (Wildman–Crippen LogP) is -0.344. The van der Waals surface area contributed by atoms with Gasteiger partial charge in [0.1, 0.15) is 0 Å². The molecule has 58 valence electrons. The number of carbonyl (C=O) groups excluding carboxylic acids is 1. The average Bonchev–Trinajstić information content (AvgIpc) is 1.85. The van der Waals surface area contributed by atoms with Gasteiger partial charge in [-0.2, -0.15) is 0 Å². The highest BCUT2D eigenvalue weighted by atomic mass is 16.5. The first-order valence-electron chi connectivity index (χ1n) is 3.28. The minimum atomic E-state index is -0.230. The minimum Gasteiger partial charge on any atom is -0.453 e. The third-order valence-electron chi connectivity index (χ3n) is 1.72. The maximum atomic E-state index is 10.7. The van der Waals surface area contributed by atoms with Crippen LogP contribution in [0, 0.1) is 0 Å². The molecule has 10 heavy (non-hydrogen) atoms. The van der Waals surface area contributed by atoms with E-state index in [0.717, 1.165) is 13.1 Å². The lowest BCUT2D eigenvalue weighted by molar-refractivity contribution is 0.0824. The highest BCUT2D eigenvalue weighted by molar-refractivity contribution is 5.68. The van der Waals surface area contributed by atoms with E-state index in [0.29, 0.717) is 6.04 Å². The zero-order valence-electron chi connectivity index (χ0n) is 6.26. The Bertz CT molecular complexity index is 132. The first kappa shape index (κ1) is 7.34. The summed E-state index contributed by atoms with van der Waals surface area (Å²) in [7, 11) is 3.29. The van der Waals surface area contributed by atoms with Crippen LogP contribution in [0.1, 0.15) is 0 Å². The monoisotopic (exact) mass is 144 g/mol. The second kappa shape index (κ2) is 2.88. The van der Waals surface area contributed by atoms with Crippen LogP contribution in [-0.4, -0.2) is 44.3 Å². The summed E-state index contributed by atoms with van der Waals surface area (Å²) in [4.78, 5) is 12.4. The quantitative estimate of drug-likeness (QED) is 0.547. The van der Waals surface area contributed by atoms with Crippen molar-refractivity contribution in [3.05, 3.63) is 0 Å². The molecular weight excluding hydrogens is 132 g/mol. The number of likely N-dealkylation sites (N-methyl/N-ethyl adjacent to an activating group) is 1. The van der Waals surface area contributed by atoms with Gasteiger partial charge in [-0.15, -0.1) is 0 Å². The number of hydrogen-bond acceptors (Lipinski definition) is 3. The Hall–Kier alpha value is -0.770. The molecule has 0 atom stereocenters. The van der Waals surface area contributed by atoms with Gasteiger partial charge < -0.3 is 15.0 Å². The largest absolute Gasteiger partial charge is 0.453 e. The Balaban J connectivity index is 2.19. The van der Waals surface area contributed by atoms with Crippen molar-refractivity contribution in [2.75, 3.05) is 27.2 Å². The molecule has 0 aromatic heterocycles. The zero-order valence-corrected chi connectivity index (χ0v) is 6.26. The second-order valence-corrected chi connectivity index (χ2v) is 2.36. The molecule has 0 aliphatic carbocycles. The summed E-state index contributed by atoms with van der Waals surface area (Å²) < 4.78 is 4.51. The third kappa shape index (κ3) is 1.21. The minimum absolute atomic E-state index is 0.230. The molecule has 0 aromatic carbocycles. The van der Waals surface area contributed by atoms with Gasteiger partial charge in [0.25, 0.3) is 0 Å². The molecule has 1 N–H and O–H groups in total. The van der Waals surface area contributed by atoms with Crippen molar-refractivity contribution in [1.82, 2.24) is 10.2 Å². The van der Waals surface area contributed by atoms with E-state index in [4.69, 9.17) is 0 Å². The Morgan fingerprint density at radius 3 is 2.70 bits per heavy atom. The number of likely N-dealkylation sites (tertiary alicyclic amines) is 1. The third-order valence-corrected chi connectivity index (χ3v) is 1.72. The molecule has 0 aromatic rings. The molecule has 0 bridgehead atoms. The highest BCUT2D eigenvalue weighted by Gasteiger charge is 2.29. The van der Waals surface area contributed by atoms with Crippen LogP contribution in [0.2, 0.25) is 0 Å². The topological polar surface area (TPSA) is 41.6 Å². The van der Waals surface area contributed by atoms with Gasteiger partial charge in [0.05, 0.1) is 7.11 Å². The molecule has 1 rings (SSSR count). The fourth-order valence-corrected chi connectivity index (χ4v) is 0.939. The van der Waals surface area contributed by atoms with E-state index in [2.05, 4.69) is 10.1 Å². The van der Waals surface area contributed by atoms with Crippen LogP contribution in [-0.2, 0) is 4.74 Å². The standard InChI is InChI=1S/C6H12N2O2/c1-7-5-3-8(4-5)6(9)10-2/h5,7H,3-4H2,1-2H3. The van der Waals surface area contributed by atoms with Crippen LogP contribution < -0.4 is 5.32 Å². The van der Waals surface area contributed by atoms with Crippen LogP contribution in [0.5, 0.6) is 0 Å². The van der Waals surface area contributed by atoms with E-state index in [-0.39, 0.29) is 6.09 Å². The van der Waals surface area contributed by atoms with E-state index >= 15 is 0 Å². The first-order chi connectivity index (χ1) is 4.77. The van der Waals surface area contributed by atoms with Crippen LogP contribution in [0.3, 0.4) is 0 Å². The Morgan fingerprint density at radius 1 is 1.70 bits per heavy atom. The van der Waals surface area contributed by atoms with Crippen LogP contribution in [0.4, 0.5) is 4.79 Å². The smallest absolute Gasteiger partial charge is 0.409 e. The molecule has 1 fully saturated rings. The lowest BCUT2D eigenvalue weighted by Gasteiger charge is -2.37. The molecule has 1 amide bonds. The summed E-state index contributed by atoms with van der Waals surface area (Å²) in [5, 5.41) is 3.06. The number of hydrogen-bond donors (Lipinski definition) is 1. The Labute approximate surface area is 60.1 Å². The van der Waals surface area contributed by atoms with Gasteiger partial charge in [0.2, 0.25) is 0 Å². The van der Waals surface area contributed by atoms with Gasteiger partial charge in [-0.25, -0.2) is 4.79 Å². The molecule has 0 unspecified atom stereocenters. The van der Waals surface area contributed by atoms with Crippen molar-refractivity contribution < 1.29 is 9.53 Å². The molecule has 1 saturated heterocycles. The van der Waals surface area contributed by atoms with Crippen molar-refractivity contribution in [2.45, 2.75) is 6.04 Å². The van der Waals surface area contributed by atoms with Crippen molar-refractivity contribution in [3.8, 4) is 0 Å². The molecule has 4 nitrogen and oxygen atoms in total. The van der Waals surface area contributed by atoms with Gasteiger partial charge in [0, 0.05) is 19.1 Å². The molecule has 4 heteroatoms. The van der Waals surface area contributed by atoms with Gasteiger partial charge >= 0.3 is 6.09 Å². The highest BCUT2D eigenvalue weighted by Crippen LogP contribution is 2.07. The Morgan fingerprint density at radius 2 is 2.30 bits per heavy atom. The molecule has 1 aliphatic rings. The number of nitrogens with one attached hydrogen (secondary N) is 1. The van der Waals surface area contributed by atoms with Crippen molar-refractivity contribution >= 4 is 6.09 Å². The van der Waals surface area contributed by atoms with Crippen LogP contribution in [0.15, 0.2) is 0 Å². The number of ether oxygens (including phenoxy) is 1. The van der Waals surface area contributed by atoms with Gasteiger partial charge in [-0.1, -0.05) is 0 Å². The van der Waals surface area contributed by atoms with E-state index in [1.807, 2.05) is 7.05 Å². The molecule has 0 radical (unpaired) electrons. The fraction of sp³-hybridized carbons (Fsp3) is 0.833. The summed E-state index contributed by atoms with van der Waals surface area (Å²) in [6.45, 7) is 1.53. The lowest BCUT2D eigenvalue weighted by atomic mass is 10.1. The number of carbonyl (C=O) groups is 1. The van der Waals surface area contributed by atoms with Crippen molar-refractivity contribution in [2.24, 2.45) is 0 Å². The number of rotatable bonds is 1. The molecule has 1 aliphatic heterocycles. The van der Waals surface area contributed by atoms with E-state index in [9.17, 15) is 4.79 Å². The summed E-state index contributed by atoms with van der Waals surface area (Å²) in [6, 6.07) is 0.457. The molecule has 1 heterocycles. The van der Waals surface area contributed by atoms with Gasteiger partial charge in [-0.3, -0.25) is 0 Å². The average molecular weight is 144 g/mol.